The Kier molecular flexibility index (Phi) is 5.60. The van der Waals surface area contributed by atoms with Gasteiger partial charge in [0.25, 0.3) is 5.91 Å². The Labute approximate surface area is 181 Å². The van der Waals surface area contributed by atoms with Crippen LogP contribution < -0.4 is 0 Å². The molecule has 1 aromatic heterocycles. The average molecular weight is 446 g/mol. The molecule has 0 aliphatic carbocycles. The number of rotatable bonds is 4. The van der Waals surface area contributed by atoms with Crippen molar-refractivity contribution in [3.8, 4) is 11.3 Å². The molecule has 3 nitrogen and oxygen atoms in total. The van der Waals surface area contributed by atoms with Crippen LogP contribution in [0.15, 0.2) is 70.0 Å². The highest BCUT2D eigenvalue weighted by Gasteiger charge is 2.32. The van der Waals surface area contributed by atoms with E-state index in [-0.39, 0.29) is 5.91 Å². The van der Waals surface area contributed by atoms with Gasteiger partial charge in [-0.1, -0.05) is 77.5 Å². The van der Waals surface area contributed by atoms with Crippen LogP contribution in [0.3, 0.4) is 0 Å². The molecule has 1 aliphatic heterocycles. The molecule has 0 bridgehead atoms. The van der Waals surface area contributed by atoms with Gasteiger partial charge in [0.15, 0.2) is 0 Å². The smallest absolute Gasteiger partial charge is 0.266 e. The molecule has 0 N–H and O–H groups in total. The lowest BCUT2D eigenvalue weighted by Crippen LogP contribution is -2.27. The van der Waals surface area contributed by atoms with Crippen molar-refractivity contribution in [2.75, 3.05) is 0 Å². The van der Waals surface area contributed by atoms with Crippen LogP contribution in [0, 0.1) is 0 Å². The number of furan rings is 1. The van der Waals surface area contributed by atoms with Crippen molar-refractivity contribution in [2.24, 2.45) is 0 Å². The van der Waals surface area contributed by atoms with E-state index >= 15 is 0 Å². The first-order valence-corrected chi connectivity index (χ1v) is 10.3. The van der Waals surface area contributed by atoms with E-state index in [0.29, 0.717) is 42.9 Å². The molecule has 140 valence electrons. The summed E-state index contributed by atoms with van der Waals surface area (Å²) in [6.07, 6.45) is 1.70. The average Bonchev–Trinajstić information content (AvgIpc) is 3.25. The van der Waals surface area contributed by atoms with Crippen molar-refractivity contribution in [2.45, 2.75) is 6.54 Å². The van der Waals surface area contributed by atoms with Crippen LogP contribution in [-0.2, 0) is 11.3 Å². The normalized spacial score (nSPS) is 15.6. The van der Waals surface area contributed by atoms with Gasteiger partial charge in [0, 0.05) is 16.7 Å². The first-order chi connectivity index (χ1) is 13.5. The van der Waals surface area contributed by atoms with Gasteiger partial charge >= 0.3 is 0 Å². The number of nitrogens with zero attached hydrogens (tertiary/aromatic N) is 1. The van der Waals surface area contributed by atoms with Gasteiger partial charge in [-0.25, -0.2) is 0 Å². The molecule has 4 rings (SSSR count). The fraction of sp³-hybridized carbons (Fsp3) is 0.0476. The first-order valence-electron chi connectivity index (χ1n) is 8.36. The van der Waals surface area contributed by atoms with Crippen molar-refractivity contribution < 1.29 is 9.21 Å². The monoisotopic (exact) mass is 445 g/mol. The Morgan fingerprint density at radius 2 is 1.86 bits per heavy atom. The quantitative estimate of drug-likeness (QED) is 0.332. The summed E-state index contributed by atoms with van der Waals surface area (Å²) in [5.74, 6) is 1.00. The molecule has 1 saturated heterocycles. The SMILES string of the molecule is O=C1/C(=C\c2ccc(-c3cc(Cl)ccc3Cl)o2)SC(=S)N1Cc1ccccc1. The topological polar surface area (TPSA) is 33.5 Å². The van der Waals surface area contributed by atoms with Gasteiger partial charge in [-0.3, -0.25) is 9.69 Å². The van der Waals surface area contributed by atoms with Crippen LogP contribution in [-0.4, -0.2) is 15.1 Å². The van der Waals surface area contributed by atoms with Gasteiger partial charge in [-0.15, -0.1) is 0 Å². The number of carbonyl (C=O) groups excluding carboxylic acids is 1. The minimum Gasteiger partial charge on any atom is -0.457 e. The molecular weight excluding hydrogens is 433 g/mol. The standard InChI is InChI=1S/C21H13Cl2NO2S2/c22-14-6-8-17(23)16(10-14)18-9-7-15(26-18)11-19-20(25)24(21(27)28-19)12-13-4-2-1-3-5-13/h1-11H,12H2/b19-11+. The summed E-state index contributed by atoms with van der Waals surface area (Å²) in [7, 11) is 0. The molecule has 1 aliphatic rings. The van der Waals surface area contributed by atoms with Gasteiger partial charge in [-0.2, -0.15) is 0 Å². The third-order valence-electron chi connectivity index (χ3n) is 4.15. The van der Waals surface area contributed by atoms with Crippen LogP contribution >= 0.6 is 47.2 Å². The molecule has 3 aromatic rings. The fourth-order valence-electron chi connectivity index (χ4n) is 2.79. The zero-order valence-electron chi connectivity index (χ0n) is 14.4. The highest BCUT2D eigenvalue weighted by atomic mass is 35.5. The minimum absolute atomic E-state index is 0.127. The number of halogens is 2. The predicted octanol–water partition coefficient (Wildman–Crippen LogP) is 6.65. The molecule has 0 saturated carbocycles. The third kappa shape index (κ3) is 4.03. The summed E-state index contributed by atoms with van der Waals surface area (Å²) in [5.41, 5.74) is 1.72. The molecule has 2 aromatic carbocycles. The Balaban J connectivity index is 1.57. The number of amides is 1. The predicted molar refractivity (Wildman–Crippen MR) is 119 cm³/mol. The molecule has 1 fully saturated rings. The fourth-order valence-corrected chi connectivity index (χ4v) is 4.41. The van der Waals surface area contributed by atoms with E-state index in [1.807, 2.05) is 30.3 Å². The van der Waals surface area contributed by atoms with Crippen molar-refractivity contribution in [1.82, 2.24) is 4.90 Å². The summed E-state index contributed by atoms with van der Waals surface area (Å²) in [5, 5.41) is 1.11. The molecule has 1 amide bonds. The second kappa shape index (κ2) is 8.13. The van der Waals surface area contributed by atoms with Crippen LogP contribution in [0.4, 0.5) is 0 Å². The number of benzene rings is 2. The zero-order chi connectivity index (χ0) is 19.7. The van der Waals surface area contributed by atoms with Gasteiger partial charge in [-0.05, 0) is 35.9 Å². The molecule has 0 radical (unpaired) electrons. The van der Waals surface area contributed by atoms with E-state index < -0.39 is 0 Å². The Morgan fingerprint density at radius 3 is 2.64 bits per heavy atom. The zero-order valence-corrected chi connectivity index (χ0v) is 17.5. The Hall–Kier alpha value is -2.05. The van der Waals surface area contributed by atoms with Crippen LogP contribution in [0.25, 0.3) is 17.4 Å². The number of carbonyl (C=O) groups is 1. The van der Waals surface area contributed by atoms with Crippen molar-refractivity contribution >= 4 is 63.5 Å². The van der Waals surface area contributed by atoms with Gasteiger partial charge in [0.1, 0.15) is 15.8 Å². The largest absolute Gasteiger partial charge is 0.457 e. The van der Waals surface area contributed by atoms with Gasteiger partial charge in [0.05, 0.1) is 16.5 Å². The highest BCUT2D eigenvalue weighted by molar-refractivity contribution is 8.26. The first kappa shape index (κ1) is 19.3. The molecule has 7 heteroatoms. The highest BCUT2D eigenvalue weighted by Crippen LogP contribution is 2.36. The number of thiocarbonyl (C=S) groups is 1. The molecule has 0 atom stereocenters. The molecule has 28 heavy (non-hydrogen) atoms. The molecular formula is C21H13Cl2NO2S2. The summed E-state index contributed by atoms with van der Waals surface area (Å²) < 4.78 is 6.39. The lowest BCUT2D eigenvalue weighted by molar-refractivity contribution is -0.122. The summed E-state index contributed by atoms with van der Waals surface area (Å²) in [6, 6.07) is 18.5. The lowest BCUT2D eigenvalue weighted by Gasteiger charge is -2.14. The third-order valence-corrected chi connectivity index (χ3v) is 6.09. The summed E-state index contributed by atoms with van der Waals surface area (Å²) in [6.45, 7) is 0.449. The van der Waals surface area contributed by atoms with Crippen LogP contribution in [0.5, 0.6) is 0 Å². The van der Waals surface area contributed by atoms with E-state index in [1.165, 1.54) is 11.8 Å². The van der Waals surface area contributed by atoms with E-state index in [4.69, 9.17) is 39.8 Å². The van der Waals surface area contributed by atoms with Gasteiger partial charge < -0.3 is 4.42 Å². The van der Waals surface area contributed by atoms with E-state index in [2.05, 4.69) is 0 Å². The van der Waals surface area contributed by atoms with E-state index in [9.17, 15) is 4.79 Å². The number of hydrogen-bond donors (Lipinski definition) is 0. The second-order valence-electron chi connectivity index (χ2n) is 6.08. The maximum absolute atomic E-state index is 12.8. The second-order valence-corrected chi connectivity index (χ2v) is 8.60. The lowest BCUT2D eigenvalue weighted by atomic mass is 10.2. The Morgan fingerprint density at radius 1 is 1.07 bits per heavy atom. The number of thioether (sulfide) groups is 1. The van der Waals surface area contributed by atoms with Crippen molar-refractivity contribution in [3.63, 3.8) is 0 Å². The summed E-state index contributed by atoms with van der Waals surface area (Å²) in [4.78, 5) is 14.9. The minimum atomic E-state index is -0.127. The molecule has 2 heterocycles. The molecule has 0 unspecified atom stereocenters. The van der Waals surface area contributed by atoms with Gasteiger partial charge in [0.2, 0.25) is 0 Å². The van der Waals surface area contributed by atoms with Crippen LogP contribution in [0.2, 0.25) is 10.0 Å². The van der Waals surface area contributed by atoms with E-state index in [1.54, 1.807) is 41.3 Å². The maximum atomic E-state index is 12.8. The van der Waals surface area contributed by atoms with Crippen molar-refractivity contribution in [3.05, 3.63) is 86.9 Å². The number of hydrogen-bond acceptors (Lipinski definition) is 4. The maximum Gasteiger partial charge on any atom is 0.266 e. The molecule has 0 spiro atoms. The Bertz CT molecular complexity index is 1090. The van der Waals surface area contributed by atoms with Crippen LogP contribution in [0.1, 0.15) is 11.3 Å². The van der Waals surface area contributed by atoms with E-state index in [0.717, 1.165) is 5.56 Å². The summed E-state index contributed by atoms with van der Waals surface area (Å²) >= 11 is 18.9. The van der Waals surface area contributed by atoms with Crippen molar-refractivity contribution in [1.29, 1.82) is 0 Å².